The van der Waals surface area contributed by atoms with E-state index in [0.717, 1.165) is 5.31 Å². The van der Waals surface area contributed by atoms with Gasteiger partial charge in [-0.3, -0.25) is 0 Å². The van der Waals surface area contributed by atoms with Crippen molar-refractivity contribution >= 4 is 0 Å². The quantitative estimate of drug-likeness (QED) is 0.344. The lowest BCUT2D eigenvalue weighted by atomic mass is 9.95. The molecule has 1 saturated heterocycles. The molecule has 0 aromatic carbocycles. The molecule has 0 bridgehead atoms. The Morgan fingerprint density at radius 2 is 2.20 bits per heavy atom. The summed E-state index contributed by atoms with van der Waals surface area (Å²) in [7, 11) is 0. The summed E-state index contributed by atoms with van der Waals surface area (Å²) in [5.41, 5.74) is 0. The van der Waals surface area contributed by atoms with E-state index < -0.39 is 18.1 Å². The van der Waals surface area contributed by atoms with E-state index in [2.05, 4.69) is 0 Å². The molecule has 60 valence electrons. The summed E-state index contributed by atoms with van der Waals surface area (Å²) in [6.07, 6.45) is -1.79. The van der Waals surface area contributed by atoms with Gasteiger partial charge < -0.3 is 20.6 Å². The summed E-state index contributed by atoms with van der Waals surface area (Å²) in [6, 6.07) is 0. The van der Waals surface area contributed by atoms with E-state index in [-0.39, 0.29) is 13.2 Å². The highest BCUT2D eigenvalue weighted by Gasteiger charge is 2.29. The Morgan fingerprint density at radius 1 is 1.50 bits per heavy atom. The van der Waals surface area contributed by atoms with E-state index >= 15 is 0 Å². The van der Waals surface area contributed by atoms with E-state index in [0.29, 0.717) is 6.54 Å². The van der Waals surface area contributed by atoms with Gasteiger partial charge in [-0.2, -0.15) is 0 Å². The van der Waals surface area contributed by atoms with Crippen LogP contribution in [0.25, 0.3) is 0 Å². The van der Waals surface area contributed by atoms with Crippen molar-refractivity contribution in [2.45, 2.75) is 12.2 Å². The van der Waals surface area contributed by atoms with Crippen molar-refractivity contribution in [2.75, 3.05) is 19.7 Å². The lowest BCUT2D eigenvalue weighted by Gasteiger charge is -2.30. The first-order chi connectivity index (χ1) is 5.15. The number of nitrogens with one attached hydrogen (secondary N) is 1. The lowest BCUT2D eigenvalue weighted by Crippen LogP contribution is -2.51. The van der Waals surface area contributed by atoms with Crippen LogP contribution in [0, 0.1) is 5.92 Å². The fourth-order valence-electron chi connectivity index (χ4n) is 1.07. The fraction of sp³-hybridized carbons (Fsp3) is 1.00. The standard InChI is InChI=1S/C6H13NO3/c8-3-4-1-7-2-5(9)6(4)10/h4-10H,1-3H2/t4-,5-,6-/m1/s1/i/hD. The molecule has 0 aliphatic carbocycles. The van der Waals surface area contributed by atoms with E-state index in [1.807, 2.05) is 0 Å². The molecule has 10 heavy (non-hydrogen) atoms. The molecule has 0 unspecified atom stereocenters. The van der Waals surface area contributed by atoms with Crippen LogP contribution in [0.5, 0.6) is 0 Å². The minimum absolute atomic E-state index is 0.150. The van der Waals surface area contributed by atoms with E-state index in [1.54, 1.807) is 0 Å². The van der Waals surface area contributed by atoms with Gasteiger partial charge in [0.15, 0.2) is 0 Å². The summed E-state index contributed by atoms with van der Waals surface area (Å²) >= 11 is 0. The second-order valence-corrected chi connectivity index (χ2v) is 2.59. The maximum Gasteiger partial charge on any atom is 0.122 e. The van der Waals surface area contributed by atoms with Gasteiger partial charge >= 0.3 is 0 Å². The molecule has 1 rings (SSSR count). The molecule has 0 amide bonds. The third kappa shape index (κ3) is 1.46. The molecule has 4 N–H and O–H groups in total. The van der Waals surface area contributed by atoms with Crippen LogP contribution in [-0.2, 0) is 0 Å². The van der Waals surface area contributed by atoms with Crippen molar-refractivity contribution in [3.8, 4) is 0 Å². The Balaban J connectivity index is 2.51. The molecule has 0 aromatic heterocycles. The van der Waals surface area contributed by atoms with Crippen LogP contribution in [0.4, 0.5) is 0 Å². The Hall–Kier alpha value is -0.160. The zero-order chi connectivity index (χ0) is 8.43. The normalized spacial score (nSPS) is 45.1. The molecule has 0 spiro atoms. The van der Waals surface area contributed by atoms with Crippen molar-refractivity contribution in [1.29, 1.82) is 0 Å². The molecule has 1 aliphatic heterocycles. The first-order valence-corrected chi connectivity index (χ1v) is 3.36. The minimum Gasteiger partial charge on any atom is -0.396 e. The largest absolute Gasteiger partial charge is 0.396 e. The third-order valence-electron chi connectivity index (χ3n) is 1.79. The van der Waals surface area contributed by atoms with Gasteiger partial charge in [0.2, 0.25) is 0 Å². The molecule has 0 radical (unpaired) electrons. The van der Waals surface area contributed by atoms with Crippen LogP contribution in [0.15, 0.2) is 0 Å². The molecular formula is C6H13NO3. The highest BCUT2D eigenvalue weighted by atomic mass is 16.3. The molecule has 1 fully saturated rings. The number of aliphatic hydroxyl groups excluding tert-OH is 3. The highest BCUT2D eigenvalue weighted by Crippen LogP contribution is 2.10. The molecule has 1 heterocycles. The molecule has 0 saturated carbocycles. The van der Waals surface area contributed by atoms with Gasteiger partial charge in [-0.15, -0.1) is 0 Å². The first-order valence-electron chi connectivity index (χ1n) is 3.80. The van der Waals surface area contributed by atoms with Crippen LogP contribution in [0.3, 0.4) is 0 Å². The Kier molecular flexibility index (Phi) is 2.16. The summed E-state index contributed by atoms with van der Waals surface area (Å²) in [6.45, 7) is 0.278. The van der Waals surface area contributed by atoms with Crippen LogP contribution < -0.4 is 5.31 Å². The fourth-order valence-corrected chi connectivity index (χ4v) is 1.07. The number of β-amino-alcohol motifs (C(OH)–C–C–N with tert-alkyl or cyclic N) is 1. The molecule has 0 aromatic rings. The summed E-state index contributed by atoms with van der Waals surface area (Å²) in [5, 5.41) is 28.2. The number of hydrogen-bond acceptors (Lipinski definition) is 4. The van der Waals surface area contributed by atoms with Crippen molar-refractivity contribution < 1.29 is 16.7 Å². The Bertz CT molecular complexity index is 135. The SMILES string of the molecule is [2H]N1C[C@H](CO)[C@@H](O)[C@H](O)C1. The average molecular weight is 148 g/mol. The van der Waals surface area contributed by atoms with Crippen molar-refractivity contribution in [3.05, 3.63) is 0 Å². The zero-order valence-corrected chi connectivity index (χ0v) is 5.64. The summed E-state index contributed by atoms with van der Waals surface area (Å²) < 4.78 is 7.18. The minimum atomic E-state index is -0.904. The molecule has 3 atom stereocenters. The Labute approximate surface area is 61.0 Å². The monoisotopic (exact) mass is 148 g/mol. The van der Waals surface area contributed by atoms with Crippen molar-refractivity contribution in [3.63, 3.8) is 0 Å². The molecular weight excluding hydrogens is 134 g/mol. The average Bonchev–Trinajstić information content (AvgIpc) is 1.96. The van der Waals surface area contributed by atoms with Gasteiger partial charge in [0, 0.05) is 25.6 Å². The van der Waals surface area contributed by atoms with Gasteiger partial charge in [0.25, 0.3) is 0 Å². The van der Waals surface area contributed by atoms with E-state index in [1.165, 1.54) is 0 Å². The predicted molar refractivity (Wildman–Crippen MR) is 35.5 cm³/mol. The summed E-state index contributed by atoms with van der Waals surface area (Å²) in [4.78, 5) is 0. The number of piperidine rings is 1. The van der Waals surface area contributed by atoms with Crippen LogP contribution in [-0.4, -0.2) is 47.2 Å². The third-order valence-corrected chi connectivity index (χ3v) is 1.79. The number of rotatable bonds is 1. The smallest absolute Gasteiger partial charge is 0.122 e. The van der Waals surface area contributed by atoms with E-state index in [9.17, 15) is 5.11 Å². The van der Waals surface area contributed by atoms with Gasteiger partial charge in [0.1, 0.15) is 1.41 Å². The topological polar surface area (TPSA) is 72.7 Å². The Morgan fingerprint density at radius 3 is 2.80 bits per heavy atom. The van der Waals surface area contributed by atoms with Gasteiger partial charge in [-0.25, -0.2) is 0 Å². The maximum atomic E-state index is 9.24. The second-order valence-electron chi connectivity index (χ2n) is 2.59. The number of hydrogen-bond donors (Lipinski definition) is 4. The van der Waals surface area contributed by atoms with Gasteiger partial charge in [-0.1, -0.05) is 0 Å². The molecule has 1 aliphatic rings. The second kappa shape index (κ2) is 3.30. The lowest BCUT2D eigenvalue weighted by molar-refractivity contribution is -0.0490. The van der Waals surface area contributed by atoms with Crippen LogP contribution in [0.2, 0.25) is 1.41 Å². The highest BCUT2D eigenvalue weighted by molar-refractivity contribution is 4.83. The van der Waals surface area contributed by atoms with Gasteiger partial charge in [0.05, 0.1) is 12.2 Å². The molecule has 4 heteroatoms. The maximum absolute atomic E-state index is 9.24. The van der Waals surface area contributed by atoms with Crippen molar-refractivity contribution in [2.24, 2.45) is 5.92 Å². The summed E-state index contributed by atoms with van der Waals surface area (Å²) in [5.74, 6) is -0.392. The zero-order valence-electron chi connectivity index (χ0n) is 6.64. The van der Waals surface area contributed by atoms with Gasteiger partial charge in [-0.05, 0) is 0 Å². The van der Waals surface area contributed by atoms with Crippen LogP contribution in [0.1, 0.15) is 0 Å². The van der Waals surface area contributed by atoms with Crippen molar-refractivity contribution in [1.82, 2.24) is 5.31 Å². The van der Waals surface area contributed by atoms with Crippen LogP contribution >= 0.6 is 0 Å². The number of aliphatic hydroxyl groups is 3. The predicted octanol–water partition coefficient (Wildman–Crippen LogP) is -2.08. The van der Waals surface area contributed by atoms with E-state index in [4.69, 9.17) is 11.6 Å². The first kappa shape index (κ1) is 6.54. The molecule has 4 nitrogen and oxygen atoms in total.